The van der Waals surface area contributed by atoms with Crippen LogP contribution < -0.4 is 5.56 Å². The molecule has 1 aliphatic carbocycles. The predicted molar refractivity (Wildman–Crippen MR) is 104 cm³/mol. The lowest BCUT2D eigenvalue weighted by Crippen LogP contribution is -2.45. The Morgan fingerprint density at radius 3 is 2.71 bits per heavy atom. The Hall–Kier alpha value is -2.41. The Morgan fingerprint density at radius 2 is 2.00 bits per heavy atom. The molecule has 1 amide bonds. The van der Waals surface area contributed by atoms with E-state index in [0.717, 1.165) is 38.5 Å². The summed E-state index contributed by atoms with van der Waals surface area (Å²) in [6.07, 6.45) is 7.13. The Balaban J connectivity index is 1.41. The zero-order chi connectivity index (χ0) is 19.5. The zero-order valence-electron chi connectivity index (χ0n) is 16.3. The van der Waals surface area contributed by atoms with E-state index in [2.05, 4.69) is 5.10 Å². The van der Waals surface area contributed by atoms with Gasteiger partial charge in [-0.15, -0.1) is 0 Å². The molecule has 3 heterocycles. The van der Waals surface area contributed by atoms with Crippen LogP contribution in [0.4, 0.5) is 0 Å². The molecule has 4 rings (SSSR count). The second-order valence-electron chi connectivity index (χ2n) is 7.76. The fourth-order valence-electron chi connectivity index (χ4n) is 4.41. The smallest absolute Gasteiger partial charge is 0.267 e. The highest BCUT2D eigenvalue weighted by Crippen LogP contribution is 2.30. The van der Waals surface area contributed by atoms with Crippen molar-refractivity contribution in [1.82, 2.24) is 14.7 Å². The first-order valence-electron chi connectivity index (χ1n) is 10.1. The van der Waals surface area contributed by atoms with Gasteiger partial charge in [0.2, 0.25) is 5.91 Å². The van der Waals surface area contributed by atoms with Crippen LogP contribution in [0.1, 0.15) is 44.6 Å². The van der Waals surface area contributed by atoms with Crippen molar-refractivity contribution in [2.75, 3.05) is 20.2 Å². The summed E-state index contributed by atoms with van der Waals surface area (Å²) in [6.45, 7) is 1.33. The Morgan fingerprint density at radius 1 is 1.18 bits per heavy atom. The number of carbonyl (C=O) groups excluding carboxylic acids is 1. The van der Waals surface area contributed by atoms with Gasteiger partial charge in [0.15, 0.2) is 5.76 Å². The molecule has 0 bridgehead atoms. The molecule has 2 aromatic rings. The van der Waals surface area contributed by atoms with E-state index in [1.54, 1.807) is 30.2 Å². The number of hydrogen-bond donors (Lipinski definition) is 0. The first kappa shape index (κ1) is 18.9. The van der Waals surface area contributed by atoms with Crippen molar-refractivity contribution in [3.05, 3.63) is 40.9 Å². The lowest BCUT2D eigenvalue weighted by molar-refractivity contribution is -0.139. The number of ether oxygens (including phenoxy) is 1. The number of carbonyl (C=O) groups is 1. The summed E-state index contributed by atoms with van der Waals surface area (Å²) in [7, 11) is 1.73. The highest BCUT2D eigenvalue weighted by atomic mass is 16.5. The van der Waals surface area contributed by atoms with E-state index in [1.165, 1.54) is 6.07 Å². The predicted octanol–water partition coefficient (Wildman–Crippen LogP) is 2.87. The maximum absolute atomic E-state index is 12.9. The number of methoxy groups -OCH3 is 1. The molecule has 28 heavy (non-hydrogen) atoms. The molecule has 2 aromatic heterocycles. The number of aromatic nitrogens is 2. The van der Waals surface area contributed by atoms with Crippen LogP contribution in [0.25, 0.3) is 11.5 Å². The minimum atomic E-state index is -0.115. The largest absolute Gasteiger partial charge is 0.463 e. The van der Waals surface area contributed by atoms with Crippen molar-refractivity contribution in [2.45, 2.75) is 50.7 Å². The first-order chi connectivity index (χ1) is 13.7. The van der Waals surface area contributed by atoms with Crippen LogP contribution in [0, 0.1) is 5.92 Å². The number of furan rings is 1. The second kappa shape index (κ2) is 8.31. The summed E-state index contributed by atoms with van der Waals surface area (Å²) in [5.41, 5.74) is 0.534. The quantitative estimate of drug-likeness (QED) is 0.809. The Bertz CT molecular complexity index is 853. The molecule has 0 spiro atoms. The standard InChI is InChI=1S/C21H27N3O4/c1-27-17-5-2-4-15(14-17)21(26)23-11-9-16(10-12-23)24-20(25)8-7-18(22-24)19-6-3-13-28-19/h3,6-8,13,15-17H,2,4-5,9-12,14H2,1H3/t15-,17+/m0/s1. The molecule has 0 aromatic carbocycles. The average Bonchev–Trinajstić information content (AvgIpc) is 3.29. The average molecular weight is 385 g/mol. The van der Waals surface area contributed by atoms with E-state index in [0.29, 0.717) is 24.5 Å². The number of amides is 1. The van der Waals surface area contributed by atoms with Gasteiger partial charge in [-0.25, -0.2) is 4.68 Å². The summed E-state index contributed by atoms with van der Waals surface area (Å²) in [4.78, 5) is 27.2. The summed E-state index contributed by atoms with van der Waals surface area (Å²) in [5, 5.41) is 4.51. The molecule has 0 radical (unpaired) electrons. The maximum Gasteiger partial charge on any atom is 0.267 e. The van der Waals surface area contributed by atoms with Crippen molar-refractivity contribution >= 4 is 5.91 Å². The molecule has 2 atom stereocenters. The second-order valence-corrected chi connectivity index (χ2v) is 7.76. The third kappa shape index (κ3) is 3.90. The van der Waals surface area contributed by atoms with Crippen molar-refractivity contribution in [1.29, 1.82) is 0 Å². The number of nitrogens with zero attached hydrogens (tertiary/aromatic N) is 3. The van der Waals surface area contributed by atoms with Crippen LogP contribution >= 0.6 is 0 Å². The lowest BCUT2D eigenvalue weighted by Gasteiger charge is -2.36. The fourth-order valence-corrected chi connectivity index (χ4v) is 4.41. The Kier molecular flexibility index (Phi) is 5.62. The molecule has 0 unspecified atom stereocenters. The van der Waals surface area contributed by atoms with E-state index in [9.17, 15) is 9.59 Å². The van der Waals surface area contributed by atoms with E-state index in [4.69, 9.17) is 9.15 Å². The summed E-state index contributed by atoms with van der Waals surface area (Å²) in [5.74, 6) is 0.953. The van der Waals surface area contributed by atoms with Gasteiger partial charge >= 0.3 is 0 Å². The maximum atomic E-state index is 12.9. The molecule has 1 saturated carbocycles. The first-order valence-corrected chi connectivity index (χ1v) is 10.1. The lowest BCUT2D eigenvalue weighted by atomic mass is 9.85. The minimum Gasteiger partial charge on any atom is -0.463 e. The SMILES string of the molecule is CO[C@@H]1CCC[C@H](C(=O)N2CCC(n3nc(-c4ccco4)ccc3=O)CC2)C1. The zero-order valence-corrected chi connectivity index (χ0v) is 16.3. The van der Waals surface area contributed by atoms with Gasteiger partial charge in [0.05, 0.1) is 18.4 Å². The third-order valence-corrected chi connectivity index (χ3v) is 6.03. The topological polar surface area (TPSA) is 77.6 Å². The van der Waals surface area contributed by atoms with Gasteiger partial charge in [-0.05, 0) is 50.3 Å². The minimum absolute atomic E-state index is 0.00421. The highest BCUT2D eigenvalue weighted by molar-refractivity contribution is 5.79. The van der Waals surface area contributed by atoms with E-state index in [-0.39, 0.29) is 29.5 Å². The van der Waals surface area contributed by atoms with Crippen molar-refractivity contribution in [3.8, 4) is 11.5 Å². The van der Waals surface area contributed by atoms with Crippen LogP contribution in [0.3, 0.4) is 0 Å². The molecular weight excluding hydrogens is 358 g/mol. The van der Waals surface area contributed by atoms with Crippen molar-refractivity contribution in [2.24, 2.45) is 5.92 Å². The summed E-state index contributed by atoms with van der Waals surface area (Å²) in [6, 6.07) is 6.86. The summed E-state index contributed by atoms with van der Waals surface area (Å²) >= 11 is 0. The van der Waals surface area contributed by atoms with Crippen molar-refractivity contribution in [3.63, 3.8) is 0 Å². The number of likely N-dealkylation sites (tertiary alicyclic amines) is 1. The molecule has 0 N–H and O–H groups in total. The molecule has 1 saturated heterocycles. The van der Waals surface area contributed by atoms with Gasteiger partial charge in [-0.2, -0.15) is 5.10 Å². The van der Waals surface area contributed by atoms with E-state index < -0.39 is 0 Å². The monoisotopic (exact) mass is 385 g/mol. The third-order valence-electron chi connectivity index (χ3n) is 6.03. The van der Waals surface area contributed by atoms with Crippen LogP contribution in [-0.4, -0.2) is 46.9 Å². The van der Waals surface area contributed by atoms with E-state index in [1.807, 2.05) is 11.0 Å². The molecule has 2 fully saturated rings. The molecule has 1 aliphatic heterocycles. The number of hydrogen-bond acceptors (Lipinski definition) is 5. The van der Waals surface area contributed by atoms with Crippen molar-refractivity contribution < 1.29 is 13.9 Å². The highest BCUT2D eigenvalue weighted by Gasteiger charge is 2.33. The number of piperidine rings is 1. The van der Waals surface area contributed by atoms with Gasteiger partial charge in [0.25, 0.3) is 5.56 Å². The molecule has 150 valence electrons. The van der Waals surface area contributed by atoms with Crippen LogP contribution in [0.15, 0.2) is 39.7 Å². The summed E-state index contributed by atoms with van der Waals surface area (Å²) < 4.78 is 12.4. The number of rotatable bonds is 4. The molecule has 2 aliphatic rings. The molecular formula is C21H27N3O4. The Labute approximate surface area is 164 Å². The van der Waals surface area contributed by atoms with Gasteiger partial charge < -0.3 is 14.1 Å². The van der Waals surface area contributed by atoms with Gasteiger partial charge in [0.1, 0.15) is 5.69 Å². The fraction of sp³-hybridized carbons (Fsp3) is 0.571. The van der Waals surface area contributed by atoms with Gasteiger partial charge in [-0.3, -0.25) is 9.59 Å². The van der Waals surface area contributed by atoms with Gasteiger partial charge in [0, 0.05) is 32.2 Å². The van der Waals surface area contributed by atoms with Crippen LogP contribution in [-0.2, 0) is 9.53 Å². The van der Waals surface area contributed by atoms with Gasteiger partial charge in [-0.1, -0.05) is 6.42 Å². The molecule has 7 heteroatoms. The van der Waals surface area contributed by atoms with Crippen LogP contribution in [0.5, 0.6) is 0 Å². The normalized spacial score (nSPS) is 23.7. The molecule has 7 nitrogen and oxygen atoms in total. The van der Waals surface area contributed by atoms with E-state index >= 15 is 0 Å². The van der Waals surface area contributed by atoms with Crippen LogP contribution in [0.2, 0.25) is 0 Å².